The number of β-amino-alcohol motifs (C(OH)–C–C–N with tert-alkyl or cyclic N) is 2. The fraction of sp³-hybridized carbons (Fsp3) is 1.00. The van der Waals surface area contributed by atoms with Crippen LogP contribution < -0.4 is 0 Å². The van der Waals surface area contributed by atoms with Crippen molar-refractivity contribution in [2.45, 2.75) is 12.2 Å². The molecular weight excluding hydrogens is 278 g/mol. The summed E-state index contributed by atoms with van der Waals surface area (Å²) in [6, 6.07) is 0. The average Bonchev–Trinajstić information content (AvgIpc) is 2.59. The first-order valence-corrected chi connectivity index (χ1v) is 7.44. The molecule has 0 bridgehead atoms. The van der Waals surface area contributed by atoms with E-state index < -0.39 is 12.2 Å². The van der Waals surface area contributed by atoms with Crippen LogP contribution in [-0.4, -0.2) is 125 Å². The molecule has 0 amide bonds. The maximum Gasteiger partial charge on any atom is 0.0957 e. The van der Waals surface area contributed by atoms with Crippen LogP contribution in [0.3, 0.4) is 0 Å². The monoisotopic (exact) mass is 307 g/mol. The number of rotatable bonds is 7. The molecule has 1 heterocycles. The molecule has 0 radical (unpaired) electrons. The quantitative estimate of drug-likeness (QED) is 0.330. The Balaban J connectivity index is 2.58. The van der Waals surface area contributed by atoms with Crippen LogP contribution in [0.2, 0.25) is 0 Å². The van der Waals surface area contributed by atoms with Crippen molar-refractivity contribution in [3.05, 3.63) is 0 Å². The van der Waals surface area contributed by atoms with Gasteiger partial charge >= 0.3 is 0 Å². The lowest BCUT2D eigenvalue weighted by molar-refractivity contribution is 0.0456. The third-order valence-corrected chi connectivity index (χ3v) is 3.76. The highest BCUT2D eigenvalue weighted by Crippen LogP contribution is 2.02. The van der Waals surface area contributed by atoms with Crippen LogP contribution in [-0.2, 0) is 0 Å². The summed E-state index contributed by atoms with van der Waals surface area (Å²) < 4.78 is 0. The first kappa shape index (κ1) is 18.7. The maximum atomic E-state index is 9.57. The second kappa shape index (κ2) is 10.4. The van der Waals surface area contributed by atoms with E-state index in [0.717, 1.165) is 0 Å². The standard InChI is InChI=1S/C13H29N3O5/c17-9-12(20)7-14-1-2-15(8-13(21)10-18)4-6-16(11-19)5-3-14/h12-13,17-21H,1-11H2. The van der Waals surface area contributed by atoms with E-state index in [-0.39, 0.29) is 19.9 Å². The number of aliphatic hydroxyl groups excluding tert-OH is 5. The van der Waals surface area contributed by atoms with Crippen LogP contribution in [0, 0.1) is 0 Å². The summed E-state index contributed by atoms with van der Waals surface area (Å²) in [5.41, 5.74) is 0. The van der Waals surface area contributed by atoms with Gasteiger partial charge in [-0.2, -0.15) is 0 Å². The van der Waals surface area contributed by atoms with Gasteiger partial charge in [0.05, 0.1) is 32.2 Å². The predicted octanol–water partition coefficient (Wildman–Crippen LogP) is -3.44. The van der Waals surface area contributed by atoms with Crippen molar-refractivity contribution in [2.75, 3.05) is 72.3 Å². The summed E-state index contributed by atoms with van der Waals surface area (Å²) in [5.74, 6) is 0. The molecule has 1 aliphatic heterocycles. The van der Waals surface area contributed by atoms with Crippen LogP contribution in [0.25, 0.3) is 0 Å². The predicted molar refractivity (Wildman–Crippen MR) is 77.7 cm³/mol. The first-order chi connectivity index (χ1) is 10.1. The third-order valence-electron chi connectivity index (χ3n) is 3.76. The Labute approximate surface area is 125 Å². The second-order valence-corrected chi connectivity index (χ2v) is 5.53. The SMILES string of the molecule is OCC(O)CN1CCN(CO)CCN(CC(O)CO)CC1. The van der Waals surface area contributed by atoms with Crippen molar-refractivity contribution in [3.8, 4) is 0 Å². The highest BCUT2D eigenvalue weighted by molar-refractivity contribution is 4.74. The topological polar surface area (TPSA) is 111 Å². The van der Waals surface area contributed by atoms with E-state index >= 15 is 0 Å². The molecule has 0 saturated carbocycles. The van der Waals surface area contributed by atoms with Crippen molar-refractivity contribution >= 4 is 0 Å². The number of aliphatic hydroxyl groups is 5. The van der Waals surface area contributed by atoms with Gasteiger partial charge < -0.3 is 25.5 Å². The molecule has 126 valence electrons. The summed E-state index contributed by atoms with van der Waals surface area (Å²) in [7, 11) is 0. The van der Waals surface area contributed by atoms with E-state index in [0.29, 0.717) is 52.4 Å². The second-order valence-electron chi connectivity index (χ2n) is 5.53. The summed E-state index contributed by atoms with van der Waals surface area (Å²) >= 11 is 0. The van der Waals surface area contributed by atoms with Gasteiger partial charge in [0.1, 0.15) is 0 Å². The molecule has 0 aromatic carbocycles. The number of hydrogen-bond acceptors (Lipinski definition) is 8. The Bertz CT molecular complexity index is 248. The lowest BCUT2D eigenvalue weighted by Crippen LogP contribution is -2.43. The maximum absolute atomic E-state index is 9.57. The fourth-order valence-electron chi connectivity index (χ4n) is 2.40. The molecule has 8 heteroatoms. The van der Waals surface area contributed by atoms with E-state index in [2.05, 4.69) is 0 Å². The highest BCUT2D eigenvalue weighted by Gasteiger charge is 2.19. The van der Waals surface area contributed by atoms with Gasteiger partial charge in [0.25, 0.3) is 0 Å². The van der Waals surface area contributed by atoms with Gasteiger partial charge in [0, 0.05) is 52.4 Å². The molecule has 0 aromatic rings. The van der Waals surface area contributed by atoms with Crippen molar-refractivity contribution in [1.29, 1.82) is 0 Å². The summed E-state index contributed by atoms with van der Waals surface area (Å²) in [5, 5.41) is 46.4. The Morgan fingerprint density at radius 2 is 0.952 bits per heavy atom. The smallest absolute Gasteiger partial charge is 0.0957 e. The van der Waals surface area contributed by atoms with Crippen LogP contribution in [0.5, 0.6) is 0 Å². The summed E-state index contributed by atoms with van der Waals surface area (Å²) in [6.45, 7) is 4.37. The van der Waals surface area contributed by atoms with Gasteiger partial charge in [-0.15, -0.1) is 0 Å². The van der Waals surface area contributed by atoms with Crippen LogP contribution in [0.1, 0.15) is 0 Å². The molecule has 2 unspecified atom stereocenters. The lowest BCUT2D eigenvalue weighted by atomic mass is 10.3. The zero-order valence-electron chi connectivity index (χ0n) is 12.5. The first-order valence-electron chi connectivity index (χ1n) is 7.44. The molecule has 0 spiro atoms. The lowest BCUT2D eigenvalue weighted by Gasteiger charge is -2.27. The zero-order valence-corrected chi connectivity index (χ0v) is 12.5. The Kier molecular flexibility index (Phi) is 9.29. The van der Waals surface area contributed by atoms with Gasteiger partial charge in [-0.3, -0.25) is 14.7 Å². The Morgan fingerprint density at radius 1 is 0.619 bits per heavy atom. The van der Waals surface area contributed by atoms with Gasteiger partial charge in [-0.05, 0) is 0 Å². The summed E-state index contributed by atoms with van der Waals surface area (Å²) in [4.78, 5) is 5.96. The molecule has 0 aliphatic carbocycles. The van der Waals surface area contributed by atoms with E-state index in [1.54, 1.807) is 0 Å². The van der Waals surface area contributed by atoms with Gasteiger partial charge in [-0.25, -0.2) is 0 Å². The molecule has 1 rings (SSSR count). The van der Waals surface area contributed by atoms with Crippen LogP contribution in [0.4, 0.5) is 0 Å². The van der Waals surface area contributed by atoms with Gasteiger partial charge in [-0.1, -0.05) is 0 Å². The van der Waals surface area contributed by atoms with Gasteiger partial charge in [0.2, 0.25) is 0 Å². The molecule has 2 atom stereocenters. The average molecular weight is 307 g/mol. The number of nitrogens with zero attached hydrogens (tertiary/aromatic N) is 3. The van der Waals surface area contributed by atoms with Crippen molar-refractivity contribution in [2.24, 2.45) is 0 Å². The van der Waals surface area contributed by atoms with E-state index in [4.69, 9.17) is 10.2 Å². The normalized spacial score (nSPS) is 23.3. The minimum Gasteiger partial charge on any atom is -0.394 e. The largest absolute Gasteiger partial charge is 0.394 e. The number of hydrogen-bond donors (Lipinski definition) is 5. The Morgan fingerprint density at radius 3 is 1.24 bits per heavy atom. The van der Waals surface area contributed by atoms with Crippen molar-refractivity contribution in [3.63, 3.8) is 0 Å². The Hall–Kier alpha value is -0.320. The van der Waals surface area contributed by atoms with E-state index in [1.165, 1.54) is 0 Å². The molecule has 8 nitrogen and oxygen atoms in total. The van der Waals surface area contributed by atoms with Crippen LogP contribution >= 0.6 is 0 Å². The minimum atomic E-state index is -0.773. The molecule has 1 fully saturated rings. The molecule has 5 N–H and O–H groups in total. The van der Waals surface area contributed by atoms with Gasteiger partial charge in [0.15, 0.2) is 0 Å². The molecular formula is C13H29N3O5. The van der Waals surface area contributed by atoms with E-state index in [1.807, 2.05) is 14.7 Å². The fourth-order valence-corrected chi connectivity index (χ4v) is 2.40. The minimum absolute atomic E-state index is 0.0349. The van der Waals surface area contributed by atoms with Crippen molar-refractivity contribution in [1.82, 2.24) is 14.7 Å². The molecule has 1 saturated heterocycles. The summed E-state index contributed by atoms with van der Waals surface area (Å²) in [6.07, 6.45) is -1.55. The zero-order chi connectivity index (χ0) is 15.7. The van der Waals surface area contributed by atoms with Crippen LogP contribution in [0.15, 0.2) is 0 Å². The highest BCUT2D eigenvalue weighted by atomic mass is 16.3. The molecule has 0 aromatic heterocycles. The van der Waals surface area contributed by atoms with Crippen molar-refractivity contribution < 1.29 is 25.5 Å². The molecule has 1 aliphatic rings. The molecule has 21 heavy (non-hydrogen) atoms. The third kappa shape index (κ3) is 7.48. The van der Waals surface area contributed by atoms with E-state index in [9.17, 15) is 15.3 Å².